The van der Waals surface area contributed by atoms with E-state index in [2.05, 4.69) is 5.32 Å². The molecule has 0 fully saturated rings. The van der Waals surface area contributed by atoms with Gasteiger partial charge in [0.25, 0.3) is 0 Å². The van der Waals surface area contributed by atoms with Crippen molar-refractivity contribution in [2.24, 2.45) is 11.7 Å². The van der Waals surface area contributed by atoms with Crippen molar-refractivity contribution >= 4 is 17.6 Å². The van der Waals surface area contributed by atoms with Crippen LogP contribution in [0.15, 0.2) is 18.2 Å². The van der Waals surface area contributed by atoms with Crippen LogP contribution in [0.5, 0.6) is 0 Å². The Morgan fingerprint density at radius 1 is 1.56 bits per heavy atom. The average Bonchev–Trinajstić information content (AvgIpc) is 2.29. The van der Waals surface area contributed by atoms with Gasteiger partial charge in [0.2, 0.25) is 0 Å². The summed E-state index contributed by atoms with van der Waals surface area (Å²) in [5.74, 6) is -0.687. The second-order valence-electron chi connectivity index (χ2n) is 4.23. The van der Waals surface area contributed by atoms with Crippen molar-refractivity contribution in [3.63, 3.8) is 0 Å². The Labute approximate surface area is 105 Å². The molecule has 0 unspecified atom stereocenters. The first-order chi connectivity index (χ1) is 8.40. The van der Waals surface area contributed by atoms with Crippen LogP contribution < -0.4 is 11.1 Å². The quantitative estimate of drug-likeness (QED) is 0.568. The highest BCUT2D eigenvalue weighted by atomic mass is 19.1. The number of benzene rings is 1. The monoisotopic (exact) mass is 253 g/mol. The van der Waals surface area contributed by atoms with E-state index >= 15 is 0 Å². The minimum Gasteiger partial charge on any atom is -0.449 e. The molecule has 1 aromatic carbocycles. The molecule has 0 saturated carbocycles. The summed E-state index contributed by atoms with van der Waals surface area (Å²) in [4.78, 5) is 11.3. The van der Waals surface area contributed by atoms with Crippen LogP contribution in [0.25, 0.3) is 0 Å². The van der Waals surface area contributed by atoms with Crippen molar-refractivity contribution in [3.8, 4) is 0 Å². The Balaban J connectivity index is 2.68. The molecule has 6 heteroatoms. The van der Waals surface area contributed by atoms with E-state index in [-0.39, 0.29) is 29.6 Å². The van der Waals surface area contributed by atoms with E-state index in [1.165, 1.54) is 12.1 Å². The third-order valence-electron chi connectivity index (χ3n) is 2.06. The molecular formula is C12H16FN3O2. The SMILES string of the molecule is CC(C)COC(=O)Nc1ccc(C(=N)N)cc1F. The number of carbonyl (C=O) groups excluding carboxylic acids is 1. The molecule has 0 aliphatic rings. The lowest BCUT2D eigenvalue weighted by Gasteiger charge is -2.10. The number of halogens is 1. The summed E-state index contributed by atoms with van der Waals surface area (Å²) in [7, 11) is 0. The second kappa shape index (κ2) is 6.00. The standard InChI is InChI=1S/C12H16FN3O2/c1-7(2)6-18-12(17)16-10-4-3-8(11(14)15)5-9(10)13/h3-5,7H,6H2,1-2H3,(H3,14,15)(H,16,17). The van der Waals surface area contributed by atoms with Gasteiger partial charge in [0, 0.05) is 5.56 Å². The largest absolute Gasteiger partial charge is 0.449 e. The fourth-order valence-electron chi connectivity index (χ4n) is 1.17. The minimum atomic E-state index is -0.710. The Kier molecular flexibility index (Phi) is 4.65. The number of carbonyl (C=O) groups is 1. The fourth-order valence-corrected chi connectivity index (χ4v) is 1.17. The normalized spacial score (nSPS) is 10.2. The molecule has 0 heterocycles. The summed E-state index contributed by atoms with van der Waals surface area (Å²) in [5, 5.41) is 9.44. The van der Waals surface area contributed by atoms with Gasteiger partial charge in [0.05, 0.1) is 12.3 Å². The number of anilines is 1. The fraction of sp³-hybridized carbons (Fsp3) is 0.333. The predicted molar refractivity (Wildman–Crippen MR) is 67.2 cm³/mol. The van der Waals surface area contributed by atoms with E-state index in [0.717, 1.165) is 6.07 Å². The molecule has 4 N–H and O–H groups in total. The summed E-state index contributed by atoms with van der Waals surface area (Å²) in [6, 6.07) is 3.87. The first-order valence-electron chi connectivity index (χ1n) is 5.48. The maximum atomic E-state index is 13.5. The molecule has 0 aromatic heterocycles. The molecule has 0 bridgehead atoms. The second-order valence-corrected chi connectivity index (χ2v) is 4.23. The predicted octanol–water partition coefficient (Wildman–Crippen LogP) is 2.31. The average molecular weight is 253 g/mol. The molecule has 1 aromatic rings. The van der Waals surface area contributed by atoms with Crippen LogP contribution >= 0.6 is 0 Å². The Morgan fingerprint density at radius 3 is 2.72 bits per heavy atom. The van der Waals surface area contributed by atoms with Crippen LogP contribution in [-0.2, 0) is 4.74 Å². The van der Waals surface area contributed by atoms with Gasteiger partial charge < -0.3 is 10.5 Å². The van der Waals surface area contributed by atoms with Crippen molar-refractivity contribution in [1.29, 1.82) is 5.41 Å². The molecule has 1 amide bonds. The van der Waals surface area contributed by atoms with Crippen molar-refractivity contribution in [1.82, 2.24) is 0 Å². The highest BCUT2D eigenvalue weighted by molar-refractivity contribution is 5.95. The van der Waals surface area contributed by atoms with E-state index in [9.17, 15) is 9.18 Å². The Hall–Kier alpha value is -2.11. The molecule has 5 nitrogen and oxygen atoms in total. The summed E-state index contributed by atoms with van der Waals surface area (Å²) in [6.07, 6.45) is -0.710. The topological polar surface area (TPSA) is 88.2 Å². The van der Waals surface area contributed by atoms with Crippen LogP contribution in [-0.4, -0.2) is 18.5 Å². The van der Waals surface area contributed by atoms with Crippen molar-refractivity contribution in [3.05, 3.63) is 29.6 Å². The van der Waals surface area contributed by atoms with Gasteiger partial charge in [-0.3, -0.25) is 10.7 Å². The number of amidine groups is 1. The molecule has 18 heavy (non-hydrogen) atoms. The van der Waals surface area contributed by atoms with E-state index in [1.807, 2.05) is 13.8 Å². The smallest absolute Gasteiger partial charge is 0.411 e. The number of amides is 1. The number of nitrogens with two attached hydrogens (primary N) is 1. The highest BCUT2D eigenvalue weighted by Gasteiger charge is 2.10. The first-order valence-corrected chi connectivity index (χ1v) is 5.48. The number of nitrogen functional groups attached to an aromatic ring is 1. The summed E-state index contributed by atoms with van der Waals surface area (Å²) in [5.41, 5.74) is 5.47. The van der Waals surface area contributed by atoms with Crippen LogP contribution in [0, 0.1) is 17.1 Å². The number of hydrogen-bond donors (Lipinski definition) is 3. The molecule has 0 aliphatic heterocycles. The molecule has 0 atom stereocenters. The van der Waals surface area contributed by atoms with Crippen LogP contribution in [0.4, 0.5) is 14.9 Å². The lowest BCUT2D eigenvalue weighted by atomic mass is 10.2. The maximum absolute atomic E-state index is 13.5. The van der Waals surface area contributed by atoms with Crippen molar-refractivity contribution < 1.29 is 13.9 Å². The number of hydrogen-bond acceptors (Lipinski definition) is 3. The lowest BCUT2D eigenvalue weighted by Crippen LogP contribution is -2.18. The van der Waals surface area contributed by atoms with Crippen LogP contribution in [0.2, 0.25) is 0 Å². The zero-order valence-corrected chi connectivity index (χ0v) is 10.3. The maximum Gasteiger partial charge on any atom is 0.411 e. The van der Waals surface area contributed by atoms with Gasteiger partial charge in [0.1, 0.15) is 11.7 Å². The lowest BCUT2D eigenvalue weighted by molar-refractivity contribution is 0.147. The van der Waals surface area contributed by atoms with Crippen LogP contribution in [0.1, 0.15) is 19.4 Å². The van der Waals surface area contributed by atoms with Gasteiger partial charge in [0.15, 0.2) is 0 Å². The van der Waals surface area contributed by atoms with Gasteiger partial charge in [-0.25, -0.2) is 9.18 Å². The number of nitrogens with one attached hydrogen (secondary N) is 2. The van der Waals surface area contributed by atoms with Gasteiger partial charge in [-0.05, 0) is 24.1 Å². The van der Waals surface area contributed by atoms with Crippen LogP contribution in [0.3, 0.4) is 0 Å². The van der Waals surface area contributed by atoms with E-state index < -0.39 is 11.9 Å². The van der Waals surface area contributed by atoms with E-state index in [4.69, 9.17) is 15.9 Å². The van der Waals surface area contributed by atoms with Crippen molar-refractivity contribution in [2.45, 2.75) is 13.8 Å². The third kappa shape index (κ3) is 4.04. The van der Waals surface area contributed by atoms with Gasteiger partial charge in [-0.2, -0.15) is 0 Å². The van der Waals surface area contributed by atoms with Gasteiger partial charge >= 0.3 is 6.09 Å². The van der Waals surface area contributed by atoms with Gasteiger partial charge in [-0.15, -0.1) is 0 Å². The highest BCUT2D eigenvalue weighted by Crippen LogP contribution is 2.15. The Bertz CT molecular complexity index is 461. The van der Waals surface area contributed by atoms with E-state index in [0.29, 0.717) is 0 Å². The summed E-state index contributed by atoms with van der Waals surface area (Å²) < 4.78 is 18.4. The molecule has 0 aliphatic carbocycles. The molecule has 0 saturated heterocycles. The zero-order valence-electron chi connectivity index (χ0n) is 10.3. The Morgan fingerprint density at radius 2 is 2.22 bits per heavy atom. The molecule has 1 rings (SSSR count). The third-order valence-corrected chi connectivity index (χ3v) is 2.06. The van der Waals surface area contributed by atoms with Crippen molar-refractivity contribution in [2.75, 3.05) is 11.9 Å². The molecule has 98 valence electrons. The molecular weight excluding hydrogens is 237 g/mol. The summed E-state index contributed by atoms with van der Waals surface area (Å²) >= 11 is 0. The van der Waals surface area contributed by atoms with Gasteiger partial charge in [-0.1, -0.05) is 13.8 Å². The minimum absolute atomic E-state index is 0.00578. The van der Waals surface area contributed by atoms with E-state index in [1.54, 1.807) is 0 Å². The summed E-state index contributed by atoms with van der Waals surface area (Å²) in [6.45, 7) is 4.06. The zero-order chi connectivity index (χ0) is 13.7. The first kappa shape index (κ1) is 14.0. The number of rotatable bonds is 4. The molecule has 0 spiro atoms. The number of ether oxygens (including phenoxy) is 1. The molecule has 0 radical (unpaired) electrons.